The van der Waals surface area contributed by atoms with Gasteiger partial charge in [-0.2, -0.15) is 11.8 Å². The van der Waals surface area contributed by atoms with Gasteiger partial charge in [0.15, 0.2) is 0 Å². The van der Waals surface area contributed by atoms with Gasteiger partial charge in [-0.05, 0) is 23.0 Å². The maximum absolute atomic E-state index is 3.86. The van der Waals surface area contributed by atoms with Crippen molar-refractivity contribution in [3.8, 4) is 0 Å². The highest BCUT2D eigenvalue weighted by atomic mass is 32.2. The second-order valence-corrected chi connectivity index (χ2v) is 7.50. The van der Waals surface area contributed by atoms with Gasteiger partial charge in [-0.15, -0.1) is 0 Å². The van der Waals surface area contributed by atoms with Gasteiger partial charge in [0.2, 0.25) is 0 Å². The zero-order chi connectivity index (χ0) is 10.6. The minimum Gasteiger partial charge on any atom is -0.309 e. The summed E-state index contributed by atoms with van der Waals surface area (Å²) in [6, 6.07) is 1.48. The summed E-state index contributed by atoms with van der Waals surface area (Å²) >= 11 is 2.11. The van der Waals surface area contributed by atoms with Crippen LogP contribution < -0.4 is 5.32 Å². The van der Waals surface area contributed by atoms with Crippen molar-refractivity contribution in [1.29, 1.82) is 0 Å². The van der Waals surface area contributed by atoms with Crippen LogP contribution in [0.3, 0.4) is 0 Å². The Labute approximate surface area is 92.4 Å². The standard InChI is InChI=1S/C12H23NS/c1-8-9(6-7-14-8)13-10-11(2,3)12(10,4)5/h8-10,13H,6-7H2,1-5H3. The van der Waals surface area contributed by atoms with Crippen molar-refractivity contribution in [2.45, 2.75) is 58.4 Å². The van der Waals surface area contributed by atoms with Gasteiger partial charge in [0, 0.05) is 17.3 Å². The van der Waals surface area contributed by atoms with E-state index >= 15 is 0 Å². The largest absolute Gasteiger partial charge is 0.309 e. The lowest BCUT2D eigenvalue weighted by atomic mass is 10.0. The molecule has 2 aliphatic rings. The summed E-state index contributed by atoms with van der Waals surface area (Å²) in [6.07, 6.45) is 1.36. The number of rotatable bonds is 2. The van der Waals surface area contributed by atoms with Crippen LogP contribution in [-0.4, -0.2) is 23.1 Å². The van der Waals surface area contributed by atoms with Gasteiger partial charge in [-0.25, -0.2) is 0 Å². The van der Waals surface area contributed by atoms with Crippen molar-refractivity contribution in [1.82, 2.24) is 5.32 Å². The molecule has 0 amide bonds. The molecule has 14 heavy (non-hydrogen) atoms. The topological polar surface area (TPSA) is 12.0 Å². The van der Waals surface area contributed by atoms with Gasteiger partial charge in [0.1, 0.15) is 0 Å². The molecule has 1 aliphatic heterocycles. The quantitative estimate of drug-likeness (QED) is 0.757. The van der Waals surface area contributed by atoms with E-state index in [1.54, 1.807) is 0 Å². The smallest absolute Gasteiger partial charge is 0.0194 e. The molecule has 1 saturated heterocycles. The minimum atomic E-state index is 0.486. The highest BCUT2D eigenvalue weighted by Gasteiger charge is 2.65. The van der Waals surface area contributed by atoms with Gasteiger partial charge in [0.25, 0.3) is 0 Å². The van der Waals surface area contributed by atoms with Gasteiger partial charge >= 0.3 is 0 Å². The number of hydrogen-bond acceptors (Lipinski definition) is 2. The van der Waals surface area contributed by atoms with Crippen LogP contribution in [0.2, 0.25) is 0 Å². The van der Waals surface area contributed by atoms with Crippen LogP contribution in [0, 0.1) is 10.8 Å². The summed E-state index contributed by atoms with van der Waals surface area (Å²) in [5.74, 6) is 1.34. The Hall–Kier alpha value is 0.310. The molecule has 2 fully saturated rings. The fourth-order valence-corrected chi connectivity index (χ4v) is 3.99. The molecule has 1 N–H and O–H groups in total. The van der Waals surface area contributed by atoms with Crippen LogP contribution in [0.15, 0.2) is 0 Å². The average Bonchev–Trinajstić information content (AvgIpc) is 2.46. The van der Waals surface area contributed by atoms with E-state index in [1.807, 2.05) is 0 Å². The summed E-state index contributed by atoms with van der Waals surface area (Å²) in [6.45, 7) is 11.9. The summed E-state index contributed by atoms with van der Waals surface area (Å²) in [4.78, 5) is 0. The number of nitrogens with one attached hydrogen (secondary N) is 1. The van der Waals surface area contributed by atoms with Crippen molar-refractivity contribution >= 4 is 11.8 Å². The van der Waals surface area contributed by atoms with E-state index in [4.69, 9.17) is 0 Å². The zero-order valence-electron chi connectivity index (χ0n) is 10.1. The molecule has 1 saturated carbocycles. The van der Waals surface area contributed by atoms with Gasteiger partial charge in [0.05, 0.1) is 0 Å². The lowest BCUT2D eigenvalue weighted by Crippen LogP contribution is -2.37. The lowest BCUT2D eigenvalue weighted by Gasteiger charge is -2.18. The van der Waals surface area contributed by atoms with Crippen LogP contribution in [0.4, 0.5) is 0 Å². The van der Waals surface area contributed by atoms with Gasteiger partial charge in [-0.1, -0.05) is 34.6 Å². The van der Waals surface area contributed by atoms with E-state index in [2.05, 4.69) is 51.7 Å². The molecule has 2 unspecified atom stereocenters. The zero-order valence-corrected chi connectivity index (χ0v) is 10.9. The van der Waals surface area contributed by atoms with Crippen molar-refractivity contribution in [3.05, 3.63) is 0 Å². The summed E-state index contributed by atoms with van der Waals surface area (Å²) in [5.41, 5.74) is 0.972. The fraction of sp³-hybridized carbons (Fsp3) is 1.00. The normalized spacial score (nSPS) is 40.1. The third-order valence-electron chi connectivity index (χ3n) is 4.78. The molecule has 0 bridgehead atoms. The molecule has 2 heteroatoms. The molecule has 82 valence electrons. The lowest BCUT2D eigenvalue weighted by molar-refractivity contribution is 0.457. The summed E-state index contributed by atoms with van der Waals surface area (Å²) in [7, 11) is 0. The van der Waals surface area contributed by atoms with E-state index in [0.717, 1.165) is 17.3 Å². The van der Waals surface area contributed by atoms with Gasteiger partial charge in [-0.3, -0.25) is 0 Å². The average molecular weight is 213 g/mol. The van der Waals surface area contributed by atoms with E-state index in [9.17, 15) is 0 Å². The molecule has 1 aliphatic carbocycles. The van der Waals surface area contributed by atoms with Crippen molar-refractivity contribution in [2.24, 2.45) is 10.8 Å². The highest BCUT2D eigenvalue weighted by Crippen LogP contribution is 2.63. The summed E-state index contributed by atoms with van der Waals surface area (Å²) in [5, 5.41) is 4.67. The molecule has 0 spiro atoms. The first-order valence-electron chi connectivity index (χ1n) is 5.75. The van der Waals surface area contributed by atoms with Crippen molar-refractivity contribution in [2.75, 3.05) is 5.75 Å². The Morgan fingerprint density at radius 3 is 2.07 bits per heavy atom. The molecule has 1 heterocycles. The van der Waals surface area contributed by atoms with Crippen LogP contribution in [0.5, 0.6) is 0 Å². The maximum atomic E-state index is 3.86. The second-order valence-electron chi connectivity index (χ2n) is 6.01. The second kappa shape index (κ2) is 3.15. The molecule has 2 rings (SSSR count). The van der Waals surface area contributed by atoms with Crippen LogP contribution in [-0.2, 0) is 0 Å². The van der Waals surface area contributed by atoms with Crippen molar-refractivity contribution < 1.29 is 0 Å². The Kier molecular flexibility index (Phi) is 2.43. The molecular formula is C12H23NS. The Bertz CT molecular complexity index is 220. The SMILES string of the molecule is CC1SCCC1NC1C(C)(C)C1(C)C. The molecule has 0 aromatic carbocycles. The molecule has 1 nitrogen and oxygen atoms in total. The minimum absolute atomic E-state index is 0.486. The van der Waals surface area contributed by atoms with E-state index in [1.165, 1.54) is 12.2 Å². The number of hydrogen-bond donors (Lipinski definition) is 1. The maximum Gasteiger partial charge on any atom is 0.0194 e. The van der Waals surface area contributed by atoms with Crippen LogP contribution >= 0.6 is 11.8 Å². The van der Waals surface area contributed by atoms with E-state index in [-0.39, 0.29) is 0 Å². The van der Waals surface area contributed by atoms with E-state index in [0.29, 0.717) is 10.8 Å². The third kappa shape index (κ3) is 1.42. The molecule has 0 aromatic heterocycles. The molecule has 0 aromatic rings. The Morgan fingerprint density at radius 1 is 1.14 bits per heavy atom. The Balaban J connectivity index is 1.94. The predicted octanol–water partition coefficient (Wildman–Crippen LogP) is 2.90. The van der Waals surface area contributed by atoms with Crippen molar-refractivity contribution in [3.63, 3.8) is 0 Å². The molecular weight excluding hydrogens is 190 g/mol. The highest BCUT2D eigenvalue weighted by molar-refractivity contribution is 8.00. The Morgan fingerprint density at radius 2 is 1.71 bits per heavy atom. The monoisotopic (exact) mass is 213 g/mol. The summed E-state index contributed by atoms with van der Waals surface area (Å²) < 4.78 is 0. The van der Waals surface area contributed by atoms with Crippen LogP contribution in [0.25, 0.3) is 0 Å². The molecule has 0 radical (unpaired) electrons. The van der Waals surface area contributed by atoms with E-state index < -0.39 is 0 Å². The molecule has 2 atom stereocenters. The van der Waals surface area contributed by atoms with Crippen LogP contribution in [0.1, 0.15) is 41.0 Å². The first-order valence-corrected chi connectivity index (χ1v) is 6.80. The first kappa shape index (κ1) is 10.8. The van der Waals surface area contributed by atoms with Gasteiger partial charge < -0.3 is 5.32 Å². The first-order chi connectivity index (χ1) is 6.37. The number of thioether (sulfide) groups is 1. The predicted molar refractivity (Wildman–Crippen MR) is 64.8 cm³/mol. The third-order valence-corrected chi connectivity index (χ3v) is 6.10. The fourth-order valence-electron chi connectivity index (χ4n) is 2.78.